The van der Waals surface area contributed by atoms with Crippen molar-refractivity contribution in [3.63, 3.8) is 0 Å². The molecule has 0 radical (unpaired) electrons. The lowest BCUT2D eigenvalue weighted by atomic mass is 10.3. The number of halogens is 2. The molecule has 1 fully saturated rings. The van der Waals surface area contributed by atoms with Crippen molar-refractivity contribution in [3.8, 4) is 5.75 Å². The average molecular weight is 538 g/mol. The molecule has 186 valence electrons. The Morgan fingerprint density at radius 1 is 1.35 bits per heavy atom. The summed E-state index contributed by atoms with van der Waals surface area (Å²) in [6.45, 7) is 2.51. The minimum atomic E-state index is -4.20. The third-order valence-corrected chi connectivity index (χ3v) is 6.98. The van der Waals surface area contributed by atoms with Crippen molar-refractivity contribution in [3.05, 3.63) is 60.8 Å². The van der Waals surface area contributed by atoms with Crippen LogP contribution in [0.25, 0.3) is 0 Å². The van der Waals surface area contributed by atoms with Crippen molar-refractivity contribution in [2.45, 2.75) is 32.4 Å². The molecule has 1 saturated heterocycles. The predicted molar refractivity (Wildman–Crippen MR) is 121 cm³/mol. The van der Waals surface area contributed by atoms with Crippen LogP contribution in [-0.2, 0) is 28.1 Å². The highest BCUT2D eigenvalue weighted by Gasteiger charge is 2.36. The number of benzene rings is 1. The molecule has 12 nitrogen and oxygen atoms in total. The van der Waals surface area contributed by atoms with Gasteiger partial charge in [0.1, 0.15) is 18.4 Å². The maximum atomic E-state index is 13.4. The van der Waals surface area contributed by atoms with Crippen molar-refractivity contribution in [1.82, 2.24) is 14.6 Å². The van der Waals surface area contributed by atoms with Gasteiger partial charge in [0.2, 0.25) is 0 Å². The molecule has 4 atom stereocenters. The molecular formula is C19H22Cl2N3O9P. The van der Waals surface area contributed by atoms with Crippen LogP contribution in [-0.4, -0.2) is 48.2 Å². The maximum Gasteiger partial charge on any atom is 0.459 e. The molecule has 3 rings (SSSR count). The highest BCUT2D eigenvalue weighted by atomic mass is 35.5. The fraction of sp³-hybridized carbons (Fsp3) is 0.421. The second kappa shape index (κ2) is 11.0. The van der Waals surface area contributed by atoms with E-state index in [2.05, 4.69) is 14.8 Å². The van der Waals surface area contributed by atoms with Gasteiger partial charge in [0.25, 0.3) is 5.56 Å². The van der Waals surface area contributed by atoms with Gasteiger partial charge in [-0.05, 0) is 26.0 Å². The van der Waals surface area contributed by atoms with E-state index >= 15 is 0 Å². The Kier molecular flexibility index (Phi) is 8.58. The van der Waals surface area contributed by atoms with Crippen LogP contribution in [0.4, 0.5) is 0 Å². The van der Waals surface area contributed by atoms with Crippen molar-refractivity contribution in [1.29, 1.82) is 0 Å². The molecule has 0 bridgehead atoms. The quantitative estimate of drug-likeness (QED) is 0.360. The van der Waals surface area contributed by atoms with E-state index in [0.717, 1.165) is 0 Å². The fourth-order valence-corrected chi connectivity index (χ4v) is 4.62. The zero-order chi connectivity index (χ0) is 25.0. The Morgan fingerprint density at radius 3 is 2.76 bits per heavy atom. The van der Waals surface area contributed by atoms with E-state index in [9.17, 15) is 18.9 Å². The number of hydrogen-bond acceptors (Lipinski definition) is 9. The van der Waals surface area contributed by atoms with Gasteiger partial charge in [-0.25, -0.2) is 9.36 Å². The summed E-state index contributed by atoms with van der Waals surface area (Å²) in [7, 11) is -3.02. The molecular weight excluding hydrogens is 516 g/mol. The molecule has 1 aromatic carbocycles. The smallest absolute Gasteiger partial charge is 0.459 e. The molecule has 2 aromatic rings. The van der Waals surface area contributed by atoms with Crippen LogP contribution >= 0.6 is 30.9 Å². The second-order valence-corrected chi connectivity index (χ2v) is 9.67. The van der Waals surface area contributed by atoms with Crippen LogP contribution in [0.5, 0.6) is 5.75 Å². The van der Waals surface area contributed by atoms with E-state index < -0.39 is 50.1 Å². The van der Waals surface area contributed by atoms with Crippen LogP contribution in [0.1, 0.15) is 18.7 Å². The number of H-pyrrole nitrogens is 1. The number of rotatable bonds is 9. The summed E-state index contributed by atoms with van der Waals surface area (Å²) in [5, 5.41) is 2.88. The van der Waals surface area contributed by atoms with Gasteiger partial charge in [0.15, 0.2) is 12.5 Å². The fourth-order valence-electron chi connectivity index (χ4n) is 2.86. The average Bonchev–Trinajstić information content (AvgIpc) is 3.25. The number of aromatic amines is 1. The Morgan fingerprint density at radius 2 is 2.09 bits per heavy atom. The topological polar surface area (TPSA) is 147 Å². The van der Waals surface area contributed by atoms with Gasteiger partial charge < -0.3 is 18.7 Å². The highest BCUT2D eigenvalue weighted by molar-refractivity contribution is 7.52. The number of carbonyl (C=O) groups is 1. The first-order valence-electron chi connectivity index (χ1n) is 9.85. The number of esters is 1. The second-order valence-electron chi connectivity index (χ2n) is 7.17. The SMILES string of the molecule is COC(=O)C(C)NP(=O)(OC[C@@H]1OC[C@H](n2cc(C)c(=O)[nH]c2=O)O1)Oc1ccc(Cl)c(Cl)c1. The first kappa shape index (κ1) is 26.4. The van der Waals surface area contributed by atoms with E-state index in [1.165, 1.54) is 49.9 Å². The summed E-state index contributed by atoms with van der Waals surface area (Å²) >= 11 is 11.9. The van der Waals surface area contributed by atoms with Crippen LogP contribution in [0, 0.1) is 6.92 Å². The largest absolute Gasteiger partial charge is 0.468 e. The molecule has 2 unspecified atom stereocenters. The maximum absolute atomic E-state index is 13.4. The number of nitrogens with one attached hydrogen (secondary N) is 2. The lowest BCUT2D eigenvalue weighted by Crippen LogP contribution is -2.35. The molecule has 0 aliphatic carbocycles. The Labute approximate surface area is 203 Å². The molecule has 2 N–H and O–H groups in total. The Balaban J connectivity index is 1.72. The normalized spacial score (nSPS) is 20.5. The summed E-state index contributed by atoms with van der Waals surface area (Å²) < 4.78 is 41.3. The van der Waals surface area contributed by atoms with Gasteiger partial charge in [-0.15, -0.1) is 0 Å². The number of methoxy groups -OCH3 is 1. The van der Waals surface area contributed by atoms with E-state index in [0.29, 0.717) is 5.56 Å². The van der Waals surface area contributed by atoms with E-state index in [4.69, 9.17) is 41.7 Å². The van der Waals surface area contributed by atoms with Crippen molar-refractivity contribution >= 4 is 36.9 Å². The van der Waals surface area contributed by atoms with E-state index in [1.54, 1.807) is 0 Å². The highest BCUT2D eigenvalue weighted by Crippen LogP contribution is 2.46. The Hall–Kier alpha value is -2.18. The summed E-state index contributed by atoms with van der Waals surface area (Å²) in [5.74, 6) is -0.647. The minimum Gasteiger partial charge on any atom is -0.468 e. The molecule has 34 heavy (non-hydrogen) atoms. The number of aryl methyl sites for hydroxylation is 1. The standard InChI is InChI=1S/C19H22Cl2N3O9P/c1-10-7-24(19(27)22-17(10)25)15-8-30-16(32-15)9-31-34(28,23-11(2)18(26)29-3)33-12-4-5-13(20)14(21)6-12/h4-7,11,15-16H,8-9H2,1-3H3,(H,23,28)(H,22,25,27)/t11?,15-,16-,34?/m1/s1. The van der Waals surface area contributed by atoms with Gasteiger partial charge in [-0.1, -0.05) is 23.2 Å². The van der Waals surface area contributed by atoms with Crippen LogP contribution in [0.15, 0.2) is 34.0 Å². The molecule has 2 heterocycles. The summed E-state index contributed by atoms with van der Waals surface area (Å²) in [6.07, 6.45) is -0.546. The van der Waals surface area contributed by atoms with Crippen LogP contribution in [0.2, 0.25) is 10.0 Å². The van der Waals surface area contributed by atoms with Gasteiger partial charge in [-0.2, -0.15) is 5.09 Å². The number of carbonyl (C=O) groups excluding carboxylic acids is 1. The summed E-state index contributed by atoms with van der Waals surface area (Å²) in [5.41, 5.74) is -0.873. The minimum absolute atomic E-state index is 0.0383. The predicted octanol–water partition coefficient (Wildman–Crippen LogP) is 2.38. The Bertz CT molecular complexity index is 1220. The van der Waals surface area contributed by atoms with Crippen molar-refractivity contribution in [2.24, 2.45) is 0 Å². The van der Waals surface area contributed by atoms with Gasteiger partial charge >= 0.3 is 19.4 Å². The third-order valence-electron chi connectivity index (χ3n) is 4.59. The molecule has 1 aliphatic heterocycles. The summed E-state index contributed by atoms with van der Waals surface area (Å²) in [6, 6.07) is 3.12. The number of ether oxygens (including phenoxy) is 3. The zero-order valence-electron chi connectivity index (χ0n) is 18.3. The number of nitrogens with zero attached hydrogens (tertiary/aromatic N) is 1. The van der Waals surface area contributed by atoms with Gasteiger partial charge in [0, 0.05) is 17.8 Å². The van der Waals surface area contributed by atoms with Crippen LogP contribution < -0.4 is 20.9 Å². The molecule has 0 spiro atoms. The zero-order valence-corrected chi connectivity index (χ0v) is 20.7. The monoisotopic (exact) mass is 537 g/mol. The van der Waals surface area contributed by atoms with Crippen molar-refractivity contribution in [2.75, 3.05) is 20.3 Å². The van der Waals surface area contributed by atoms with Crippen LogP contribution in [0.3, 0.4) is 0 Å². The number of hydrogen-bond donors (Lipinski definition) is 2. The van der Waals surface area contributed by atoms with E-state index in [1.807, 2.05) is 0 Å². The molecule has 15 heteroatoms. The van der Waals surface area contributed by atoms with Gasteiger partial charge in [-0.3, -0.25) is 23.7 Å². The first-order chi connectivity index (χ1) is 16.0. The molecule has 1 aromatic heterocycles. The summed E-state index contributed by atoms with van der Waals surface area (Å²) in [4.78, 5) is 37.6. The third kappa shape index (κ3) is 6.48. The van der Waals surface area contributed by atoms with Crippen molar-refractivity contribution < 1.29 is 32.6 Å². The lowest BCUT2D eigenvalue weighted by molar-refractivity contribution is -0.142. The first-order valence-corrected chi connectivity index (χ1v) is 12.1. The number of aromatic nitrogens is 2. The molecule has 1 aliphatic rings. The molecule has 0 amide bonds. The van der Waals surface area contributed by atoms with Gasteiger partial charge in [0.05, 0.1) is 23.8 Å². The molecule has 0 saturated carbocycles. The lowest BCUT2D eigenvalue weighted by Gasteiger charge is -2.23. The van der Waals surface area contributed by atoms with E-state index in [-0.39, 0.29) is 22.4 Å².